The highest BCUT2D eigenvalue weighted by molar-refractivity contribution is 6.13. The normalized spacial score (nSPS) is 29.7. The smallest absolute Gasteiger partial charge is 0.260 e. The molecular weight excluding hydrogens is 542 g/mol. The number of nitrogens with one attached hydrogen (secondary N) is 1. The fraction of sp³-hybridized carbons (Fsp3) is 0.314. The topological polar surface area (TPSA) is 107 Å². The first kappa shape index (κ1) is 27.1. The number of hydrogen-bond acceptors (Lipinski definition) is 6. The van der Waals surface area contributed by atoms with Gasteiger partial charge in [-0.05, 0) is 68.0 Å². The molecule has 7 rings (SSSR count). The highest BCUT2D eigenvalue weighted by atomic mass is 16.3. The summed E-state index contributed by atoms with van der Waals surface area (Å²) < 4.78 is 0. The Bertz CT molecular complexity index is 1670. The zero-order valence-corrected chi connectivity index (χ0v) is 24.1. The molecule has 8 heteroatoms. The van der Waals surface area contributed by atoms with Gasteiger partial charge in [-0.25, -0.2) is 0 Å². The van der Waals surface area contributed by atoms with Crippen LogP contribution in [0.3, 0.4) is 0 Å². The Labute approximate surface area is 250 Å². The Hall–Kier alpha value is -4.72. The third-order valence-corrected chi connectivity index (χ3v) is 10.0. The van der Waals surface area contributed by atoms with Gasteiger partial charge in [0.25, 0.3) is 11.8 Å². The molecule has 0 aromatic heterocycles. The maximum atomic E-state index is 14.9. The van der Waals surface area contributed by atoms with E-state index in [4.69, 9.17) is 0 Å². The van der Waals surface area contributed by atoms with E-state index in [1.54, 1.807) is 31.2 Å². The lowest BCUT2D eigenvalue weighted by molar-refractivity contribution is -0.141. The number of fused-ring (bicyclic) bond motifs is 4. The number of allylic oxidation sites excluding steroid dienone is 2. The van der Waals surface area contributed by atoms with E-state index in [0.29, 0.717) is 18.7 Å². The summed E-state index contributed by atoms with van der Waals surface area (Å²) in [6.07, 6.45) is 2.71. The fourth-order valence-corrected chi connectivity index (χ4v) is 8.17. The standard InChI is InChI=1S/C35H33N3O5/c1-3-37-31(40)26-18-17-25-27(29(26)33(37)42)19-28-32(41)38(36-23-13-9-20(2)10-14-23)34(43)35(28,22-7-5-4-6-8-22)30(25)21-11-15-24(39)16-12-21/h4-17,26-30,36,39H,3,18-19H2,1-2H3. The third-order valence-electron chi connectivity index (χ3n) is 10.0. The molecule has 3 fully saturated rings. The minimum absolute atomic E-state index is 0.0887. The Balaban J connectivity index is 1.44. The second-order valence-corrected chi connectivity index (χ2v) is 12.1. The number of hydrogen-bond donors (Lipinski definition) is 2. The van der Waals surface area contributed by atoms with Crippen molar-refractivity contribution < 1.29 is 24.3 Å². The predicted molar refractivity (Wildman–Crippen MR) is 159 cm³/mol. The number of rotatable bonds is 5. The van der Waals surface area contributed by atoms with E-state index in [2.05, 4.69) is 5.43 Å². The molecule has 6 atom stereocenters. The van der Waals surface area contributed by atoms with Crippen molar-refractivity contribution in [3.8, 4) is 5.75 Å². The van der Waals surface area contributed by atoms with Gasteiger partial charge < -0.3 is 5.11 Å². The zero-order chi connectivity index (χ0) is 30.0. The molecule has 6 unspecified atom stereocenters. The molecule has 8 nitrogen and oxygen atoms in total. The molecule has 0 radical (unpaired) electrons. The van der Waals surface area contributed by atoms with E-state index < -0.39 is 29.1 Å². The minimum atomic E-state index is -1.31. The Kier molecular flexibility index (Phi) is 6.27. The van der Waals surface area contributed by atoms with Crippen LogP contribution in [-0.2, 0) is 24.6 Å². The third kappa shape index (κ3) is 3.82. The van der Waals surface area contributed by atoms with Gasteiger partial charge in [0.1, 0.15) is 5.75 Å². The van der Waals surface area contributed by atoms with Crippen molar-refractivity contribution >= 4 is 29.3 Å². The average molecular weight is 576 g/mol. The number of amides is 4. The van der Waals surface area contributed by atoms with Crippen LogP contribution in [0.15, 0.2) is 90.5 Å². The molecule has 3 aromatic carbocycles. The average Bonchev–Trinajstić information content (AvgIpc) is 3.39. The number of nitrogens with zero attached hydrogens (tertiary/aromatic N) is 2. The first-order chi connectivity index (χ1) is 20.8. The van der Waals surface area contributed by atoms with E-state index in [0.717, 1.165) is 27.3 Å². The largest absolute Gasteiger partial charge is 0.508 e. The van der Waals surface area contributed by atoms with Gasteiger partial charge in [0, 0.05) is 12.5 Å². The van der Waals surface area contributed by atoms with Gasteiger partial charge in [0.2, 0.25) is 11.8 Å². The maximum absolute atomic E-state index is 14.9. The molecule has 4 aliphatic rings. The Morgan fingerprint density at radius 3 is 2.23 bits per heavy atom. The van der Waals surface area contributed by atoms with E-state index >= 15 is 0 Å². The van der Waals surface area contributed by atoms with Gasteiger partial charge in [-0.3, -0.25) is 29.5 Å². The number of benzene rings is 3. The van der Waals surface area contributed by atoms with Gasteiger partial charge in [-0.1, -0.05) is 71.8 Å². The lowest BCUT2D eigenvalue weighted by atomic mass is 9.49. The van der Waals surface area contributed by atoms with E-state index in [1.165, 1.54) is 4.90 Å². The van der Waals surface area contributed by atoms with Crippen LogP contribution in [0.2, 0.25) is 0 Å². The molecule has 3 aromatic rings. The molecule has 2 N–H and O–H groups in total. The summed E-state index contributed by atoms with van der Waals surface area (Å²) in [6, 6.07) is 23.7. The van der Waals surface area contributed by atoms with Crippen LogP contribution in [0.5, 0.6) is 5.75 Å². The molecule has 4 amide bonds. The number of anilines is 1. The number of likely N-dealkylation sites (tertiary alicyclic amines) is 1. The monoisotopic (exact) mass is 575 g/mol. The number of aromatic hydroxyl groups is 1. The first-order valence-electron chi connectivity index (χ1n) is 14.9. The zero-order valence-electron chi connectivity index (χ0n) is 24.1. The summed E-state index contributed by atoms with van der Waals surface area (Å²) in [5, 5.41) is 11.3. The highest BCUT2D eigenvalue weighted by Crippen LogP contribution is 2.64. The summed E-state index contributed by atoms with van der Waals surface area (Å²) in [6.45, 7) is 4.07. The van der Waals surface area contributed by atoms with Crippen LogP contribution in [0, 0.1) is 30.6 Å². The Morgan fingerprint density at radius 2 is 1.56 bits per heavy atom. The summed E-state index contributed by atoms with van der Waals surface area (Å²) in [5.74, 6) is -3.82. The van der Waals surface area contributed by atoms with E-state index in [9.17, 15) is 24.3 Å². The molecule has 0 spiro atoms. The van der Waals surface area contributed by atoms with Gasteiger partial charge in [-0.15, -0.1) is 0 Å². The number of hydrazine groups is 1. The maximum Gasteiger partial charge on any atom is 0.260 e. The van der Waals surface area contributed by atoms with E-state index in [1.807, 2.05) is 67.6 Å². The van der Waals surface area contributed by atoms with Crippen molar-refractivity contribution in [1.29, 1.82) is 0 Å². The summed E-state index contributed by atoms with van der Waals surface area (Å²) in [5.41, 5.74) is 5.85. The van der Waals surface area contributed by atoms with Crippen LogP contribution in [0.4, 0.5) is 5.69 Å². The number of aryl methyl sites for hydroxylation is 1. The lowest BCUT2D eigenvalue weighted by Gasteiger charge is -2.50. The highest BCUT2D eigenvalue weighted by Gasteiger charge is 2.70. The summed E-state index contributed by atoms with van der Waals surface area (Å²) in [4.78, 5) is 57.8. The van der Waals surface area contributed by atoms with Gasteiger partial charge in [-0.2, -0.15) is 5.01 Å². The Morgan fingerprint density at radius 1 is 0.860 bits per heavy atom. The molecule has 2 heterocycles. The number of imide groups is 2. The van der Waals surface area contributed by atoms with Crippen LogP contribution < -0.4 is 5.43 Å². The minimum Gasteiger partial charge on any atom is -0.508 e. The molecular formula is C35H33N3O5. The SMILES string of the molecule is CCN1C(=O)C2CC=C3C(CC4C(=O)N(Nc5ccc(C)cc5)C(=O)C4(c4ccccc4)C3c3ccc(O)cc3)C2C1=O. The molecule has 218 valence electrons. The van der Waals surface area contributed by atoms with E-state index in [-0.39, 0.29) is 41.7 Å². The van der Waals surface area contributed by atoms with Crippen LogP contribution in [0.1, 0.15) is 42.4 Å². The molecule has 0 bridgehead atoms. The van der Waals surface area contributed by atoms with Gasteiger partial charge >= 0.3 is 0 Å². The molecule has 43 heavy (non-hydrogen) atoms. The number of phenolic OH excluding ortho intramolecular Hbond substituents is 1. The number of carbonyl (C=O) groups excluding carboxylic acids is 4. The quantitative estimate of drug-likeness (QED) is 0.337. The van der Waals surface area contributed by atoms with Crippen molar-refractivity contribution in [1.82, 2.24) is 9.91 Å². The molecule has 1 saturated carbocycles. The lowest BCUT2D eigenvalue weighted by Crippen LogP contribution is -2.53. The second kappa shape index (κ2) is 9.93. The molecule has 2 saturated heterocycles. The van der Waals surface area contributed by atoms with Crippen molar-refractivity contribution in [2.24, 2.45) is 23.7 Å². The second-order valence-electron chi connectivity index (χ2n) is 12.1. The first-order valence-corrected chi connectivity index (χ1v) is 14.9. The molecule has 2 aliphatic heterocycles. The van der Waals surface area contributed by atoms with Gasteiger partial charge in [0.15, 0.2) is 0 Å². The predicted octanol–water partition coefficient (Wildman–Crippen LogP) is 4.71. The number of phenols is 1. The van der Waals surface area contributed by atoms with Crippen LogP contribution in [-0.4, -0.2) is 45.2 Å². The fourth-order valence-electron chi connectivity index (χ4n) is 8.17. The van der Waals surface area contributed by atoms with Crippen molar-refractivity contribution in [2.75, 3.05) is 12.0 Å². The summed E-state index contributed by atoms with van der Waals surface area (Å²) >= 11 is 0. The van der Waals surface area contributed by atoms with Gasteiger partial charge in [0.05, 0.1) is 28.9 Å². The van der Waals surface area contributed by atoms with Crippen molar-refractivity contribution in [3.05, 3.63) is 107 Å². The molecule has 2 aliphatic carbocycles. The summed E-state index contributed by atoms with van der Waals surface area (Å²) in [7, 11) is 0. The van der Waals surface area contributed by atoms with Crippen LogP contribution >= 0.6 is 0 Å². The number of carbonyl (C=O) groups is 4. The van der Waals surface area contributed by atoms with Crippen LogP contribution in [0.25, 0.3) is 0 Å². The van der Waals surface area contributed by atoms with Crippen molar-refractivity contribution in [2.45, 2.75) is 38.0 Å². The van der Waals surface area contributed by atoms with Crippen molar-refractivity contribution in [3.63, 3.8) is 0 Å².